The fraction of sp³-hybridized carbons (Fsp3) is 0.500. The summed E-state index contributed by atoms with van der Waals surface area (Å²) < 4.78 is 0. The molecule has 0 saturated heterocycles. The SMILES string of the molecule is CC(C(=N)N)N(C)C(C)c1cccs1. The number of nitrogens with zero attached hydrogens (tertiary/aromatic N) is 1. The molecule has 0 spiro atoms. The monoisotopic (exact) mass is 211 g/mol. The Hall–Kier alpha value is -0.870. The van der Waals surface area contributed by atoms with E-state index in [1.54, 1.807) is 11.3 Å². The van der Waals surface area contributed by atoms with Crippen molar-refractivity contribution in [1.29, 1.82) is 5.41 Å². The third kappa shape index (κ3) is 2.33. The van der Waals surface area contributed by atoms with Gasteiger partial charge in [-0.2, -0.15) is 0 Å². The highest BCUT2D eigenvalue weighted by molar-refractivity contribution is 7.10. The van der Waals surface area contributed by atoms with Crippen LogP contribution in [-0.4, -0.2) is 23.8 Å². The molecule has 0 fully saturated rings. The van der Waals surface area contributed by atoms with Crippen LogP contribution in [0.15, 0.2) is 17.5 Å². The van der Waals surface area contributed by atoms with Gasteiger partial charge in [0.1, 0.15) is 5.84 Å². The molecule has 78 valence electrons. The standard InChI is InChI=1S/C10H17N3S/c1-7(9-5-4-6-14-9)13(3)8(2)10(11)12/h4-8H,1-3H3,(H3,11,12). The molecule has 1 rings (SSSR count). The fourth-order valence-corrected chi connectivity index (χ4v) is 2.12. The maximum Gasteiger partial charge on any atom is 0.108 e. The van der Waals surface area contributed by atoms with Crippen molar-refractivity contribution in [1.82, 2.24) is 4.90 Å². The molecule has 0 aliphatic rings. The lowest BCUT2D eigenvalue weighted by molar-refractivity contribution is 0.242. The number of amidine groups is 1. The van der Waals surface area contributed by atoms with Crippen LogP contribution in [0, 0.1) is 5.41 Å². The first-order chi connectivity index (χ1) is 6.54. The Bertz CT molecular complexity index is 294. The number of likely N-dealkylation sites (N-methyl/N-ethyl adjacent to an activating group) is 1. The van der Waals surface area contributed by atoms with Crippen LogP contribution >= 0.6 is 11.3 Å². The van der Waals surface area contributed by atoms with Gasteiger partial charge in [-0.3, -0.25) is 10.3 Å². The fourth-order valence-electron chi connectivity index (χ4n) is 1.28. The quantitative estimate of drug-likeness (QED) is 0.591. The summed E-state index contributed by atoms with van der Waals surface area (Å²) in [7, 11) is 2.00. The zero-order valence-corrected chi connectivity index (χ0v) is 9.64. The van der Waals surface area contributed by atoms with Crippen molar-refractivity contribution in [3.8, 4) is 0 Å². The lowest BCUT2D eigenvalue weighted by Crippen LogP contribution is -2.40. The molecule has 4 heteroatoms. The number of nitrogens with one attached hydrogen (secondary N) is 1. The first-order valence-corrected chi connectivity index (χ1v) is 5.51. The van der Waals surface area contributed by atoms with Crippen LogP contribution in [0.25, 0.3) is 0 Å². The van der Waals surface area contributed by atoms with Gasteiger partial charge in [-0.1, -0.05) is 6.07 Å². The van der Waals surface area contributed by atoms with Crippen molar-refractivity contribution >= 4 is 17.2 Å². The van der Waals surface area contributed by atoms with E-state index in [9.17, 15) is 0 Å². The highest BCUT2D eigenvalue weighted by Crippen LogP contribution is 2.24. The lowest BCUT2D eigenvalue weighted by Gasteiger charge is -2.29. The van der Waals surface area contributed by atoms with Crippen molar-refractivity contribution in [2.75, 3.05) is 7.05 Å². The summed E-state index contributed by atoms with van der Waals surface area (Å²) in [6, 6.07) is 4.46. The zero-order chi connectivity index (χ0) is 10.7. The Morgan fingerprint density at radius 3 is 2.64 bits per heavy atom. The van der Waals surface area contributed by atoms with Crippen LogP contribution in [0.1, 0.15) is 24.8 Å². The van der Waals surface area contributed by atoms with E-state index in [1.807, 2.05) is 20.0 Å². The number of hydrogen-bond donors (Lipinski definition) is 2. The van der Waals surface area contributed by atoms with E-state index in [0.717, 1.165) is 0 Å². The van der Waals surface area contributed by atoms with E-state index in [1.165, 1.54) is 4.88 Å². The molecule has 0 aliphatic heterocycles. The molecule has 1 aromatic rings. The van der Waals surface area contributed by atoms with Crippen LogP contribution in [0.5, 0.6) is 0 Å². The Morgan fingerprint density at radius 1 is 1.57 bits per heavy atom. The normalized spacial score (nSPS) is 15.4. The van der Waals surface area contributed by atoms with Gasteiger partial charge < -0.3 is 5.73 Å². The average molecular weight is 211 g/mol. The smallest absolute Gasteiger partial charge is 0.108 e. The van der Waals surface area contributed by atoms with E-state index in [4.69, 9.17) is 11.1 Å². The molecule has 0 aliphatic carbocycles. The van der Waals surface area contributed by atoms with E-state index in [0.29, 0.717) is 6.04 Å². The summed E-state index contributed by atoms with van der Waals surface area (Å²) in [5.41, 5.74) is 5.47. The maximum atomic E-state index is 7.39. The number of thiophene rings is 1. The average Bonchev–Trinajstić information content (AvgIpc) is 2.67. The third-order valence-electron chi connectivity index (χ3n) is 2.63. The summed E-state index contributed by atoms with van der Waals surface area (Å²) in [5, 5.41) is 9.46. The lowest BCUT2D eigenvalue weighted by atomic mass is 10.2. The molecule has 0 saturated carbocycles. The predicted molar refractivity (Wildman–Crippen MR) is 61.9 cm³/mol. The van der Waals surface area contributed by atoms with E-state index in [-0.39, 0.29) is 11.9 Å². The van der Waals surface area contributed by atoms with Crippen molar-refractivity contribution in [3.63, 3.8) is 0 Å². The van der Waals surface area contributed by atoms with Gasteiger partial charge >= 0.3 is 0 Å². The van der Waals surface area contributed by atoms with Gasteiger partial charge in [0.15, 0.2) is 0 Å². The maximum absolute atomic E-state index is 7.39. The minimum atomic E-state index is -0.00731. The van der Waals surface area contributed by atoms with Gasteiger partial charge in [-0.05, 0) is 32.3 Å². The van der Waals surface area contributed by atoms with Gasteiger partial charge in [0, 0.05) is 10.9 Å². The van der Waals surface area contributed by atoms with E-state index >= 15 is 0 Å². The van der Waals surface area contributed by atoms with Gasteiger partial charge in [0.2, 0.25) is 0 Å². The Kier molecular flexibility index (Phi) is 3.66. The first-order valence-electron chi connectivity index (χ1n) is 4.63. The largest absolute Gasteiger partial charge is 0.386 e. The highest BCUT2D eigenvalue weighted by Gasteiger charge is 2.19. The predicted octanol–water partition coefficient (Wildman–Crippen LogP) is 2.07. The summed E-state index contributed by atoms with van der Waals surface area (Å²) >= 11 is 1.74. The van der Waals surface area contributed by atoms with Gasteiger partial charge in [0.05, 0.1) is 6.04 Å². The van der Waals surface area contributed by atoms with Crippen LogP contribution in [0.4, 0.5) is 0 Å². The molecular weight excluding hydrogens is 194 g/mol. The number of nitrogens with two attached hydrogens (primary N) is 1. The molecule has 1 heterocycles. The Labute approximate surface area is 89.0 Å². The van der Waals surface area contributed by atoms with E-state index < -0.39 is 0 Å². The van der Waals surface area contributed by atoms with Gasteiger partial charge in [0.25, 0.3) is 0 Å². The summed E-state index contributed by atoms with van der Waals surface area (Å²) in [6.45, 7) is 4.08. The summed E-state index contributed by atoms with van der Waals surface area (Å²) in [5.74, 6) is 0.218. The molecule has 0 bridgehead atoms. The molecule has 2 unspecified atom stereocenters. The van der Waals surface area contributed by atoms with Crippen molar-refractivity contribution in [2.24, 2.45) is 5.73 Å². The molecule has 14 heavy (non-hydrogen) atoms. The Morgan fingerprint density at radius 2 is 2.21 bits per heavy atom. The molecular formula is C10H17N3S. The second kappa shape index (κ2) is 4.57. The van der Waals surface area contributed by atoms with Gasteiger partial charge in [-0.25, -0.2) is 0 Å². The molecule has 0 radical (unpaired) electrons. The third-order valence-corrected chi connectivity index (χ3v) is 3.67. The van der Waals surface area contributed by atoms with Crippen molar-refractivity contribution in [3.05, 3.63) is 22.4 Å². The van der Waals surface area contributed by atoms with Crippen LogP contribution < -0.4 is 5.73 Å². The Balaban J connectivity index is 2.70. The number of rotatable bonds is 4. The van der Waals surface area contributed by atoms with Crippen LogP contribution in [-0.2, 0) is 0 Å². The van der Waals surface area contributed by atoms with E-state index in [2.05, 4.69) is 23.3 Å². The molecule has 0 amide bonds. The highest BCUT2D eigenvalue weighted by atomic mass is 32.1. The minimum Gasteiger partial charge on any atom is -0.386 e. The van der Waals surface area contributed by atoms with Crippen LogP contribution in [0.2, 0.25) is 0 Å². The van der Waals surface area contributed by atoms with Crippen LogP contribution in [0.3, 0.4) is 0 Å². The molecule has 2 atom stereocenters. The molecule has 3 N–H and O–H groups in total. The minimum absolute atomic E-state index is 0.00731. The topological polar surface area (TPSA) is 53.1 Å². The second-order valence-electron chi connectivity index (χ2n) is 3.49. The zero-order valence-electron chi connectivity index (χ0n) is 8.82. The number of hydrogen-bond acceptors (Lipinski definition) is 3. The van der Waals surface area contributed by atoms with Crippen molar-refractivity contribution < 1.29 is 0 Å². The molecule has 1 aromatic heterocycles. The first kappa shape index (κ1) is 11.2. The molecule has 0 aromatic carbocycles. The summed E-state index contributed by atoms with van der Waals surface area (Å²) in [6.07, 6.45) is 0. The van der Waals surface area contributed by atoms with Crippen molar-refractivity contribution in [2.45, 2.75) is 25.9 Å². The second-order valence-corrected chi connectivity index (χ2v) is 4.47. The van der Waals surface area contributed by atoms with Gasteiger partial charge in [-0.15, -0.1) is 11.3 Å². The summed E-state index contributed by atoms with van der Waals surface area (Å²) in [4.78, 5) is 3.41. The molecule has 3 nitrogen and oxygen atoms in total.